The van der Waals surface area contributed by atoms with Gasteiger partial charge in [-0.2, -0.15) is 0 Å². The molecular weight excluding hydrogens is 194 g/mol. The molecule has 0 radical (unpaired) electrons. The Morgan fingerprint density at radius 2 is 2.27 bits per heavy atom. The highest BCUT2D eigenvalue weighted by atomic mass is 16.5. The molecule has 0 aromatic carbocycles. The zero-order valence-corrected chi connectivity index (χ0v) is 9.58. The van der Waals surface area contributed by atoms with Crippen LogP contribution in [0.15, 0.2) is 0 Å². The van der Waals surface area contributed by atoms with Crippen LogP contribution in [0, 0.1) is 5.92 Å². The highest BCUT2D eigenvalue weighted by Gasteiger charge is 2.20. The quantitative estimate of drug-likeness (QED) is 0.520. The first-order chi connectivity index (χ1) is 7.33. The van der Waals surface area contributed by atoms with Crippen LogP contribution < -0.4 is 5.32 Å². The van der Waals surface area contributed by atoms with Gasteiger partial charge in [0.1, 0.15) is 0 Å². The van der Waals surface area contributed by atoms with Crippen LogP contribution in [0.1, 0.15) is 19.3 Å². The lowest BCUT2D eigenvalue weighted by molar-refractivity contribution is 0.0637. The minimum atomic E-state index is -0.401. The summed E-state index contributed by atoms with van der Waals surface area (Å²) in [7, 11) is 1.59. The minimum absolute atomic E-state index is 0.394. The lowest BCUT2D eigenvalue weighted by atomic mass is 10.3. The van der Waals surface area contributed by atoms with Crippen LogP contribution in [-0.2, 0) is 9.47 Å². The summed E-state index contributed by atoms with van der Waals surface area (Å²) < 4.78 is 10.3. The van der Waals surface area contributed by atoms with E-state index in [4.69, 9.17) is 9.47 Å². The second-order valence-electron chi connectivity index (χ2n) is 4.19. The second kappa shape index (κ2) is 8.05. The fourth-order valence-electron chi connectivity index (χ4n) is 1.35. The Bertz CT molecular complexity index is 151. The van der Waals surface area contributed by atoms with Gasteiger partial charge in [0.2, 0.25) is 0 Å². The van der Waals surface area contributed by atoms with Crippen molar-refractivity contribution in [3.8, 4) is 0 Å². The molecule has 2 N–H and O–H groups in total. The van der Waals surface area contributed by atoms with Crippen molar-refractivity contribution in [1.82, 2.24) is 5.32 Å². The maximum atomic E-state index is 9.31. The molecule has 1 aliphatic carbocycles. The summed E-state index contributed by atoms with van der Waals surface area (Å²) in [6.45, 7) is 3.64. The van der Waals surface area contributed by atoms with Gasteiger partial charge in [0.15, 0.2) is 0 Å². The first-order valence-electron chi connectivity index (χ1n) is 5.78. The smallest absolute Gasteiger partial charge is 0.0897 e. The first-order valence-corrected chi connectivity index (χ1v) is 5.78. The van der Waals surface area contributed by atoms with Gasteiger partial charge in [-0.25, -0.2) is 0 Å². The fraction of sp³-hybridized carbons (Fsp3) is 1.00. The Morgan fingerprint density at radius 3 is 2.93 bits per heavy atom. The van der Waals surface area contributed by atoms with Crippen molar-refractivity contribution < 1.29 is 14.6 Å². The number of hydrogen-bond donors (Lipinski definition) is 2. The highest BCUT2D eigenvalue weighted by molar-refractivity contribution is 4.71. The molecule has 1 rings (SSSR count). The van der Waals surface area contributed by atoms with Crippen molar-refractivity contribution in [2.45, 2.75) is 25.4 Å². The third kappa shape index (κ3) is 7.73. The predicted molar refractivity (Wildman–Crippen MR) is 58.9 cm³/mol. The normalized spacial score (nSPS) is 18.0. The van der Waals surface area contributed by atoms with E-state index in [1.54, 1.807) is 7.11 Å². The van der Waals surface area contributed by atoms with Crippen molar-refractivity contribution in [2.24, 2.45) is 5.92 Å². The van der Waals surface area contributed by atoms with Gasteiger partial charge in [-0.1, -0.05) is 0 Å². The minimum Gasteiger partial charge on any atom is -0.389 e. The number of aliphatic hydroxyl groups excluding tert-OH is 1. The zero-order valence-electron chi connectivity index (χ0n) is 9.58. The number of ether oxygens (including phenoxy) is 2. The molecule has 90 valence electrons. The maximum absolute atomic E-state index is 9.31. The molecule has 0 aliphatic heterocycles. The molecule has 1 aliphatic rings. The molecule has 1 unspecified atom stereocenters. The predicted octanol–water partition coefficient (Wildman–Crippen LogP) is 0.400. The molecule has 4 nitrogen and oxygen atoms in total. The summed E-state index contributed by atoms with van der Waals surface area (Å²) in [5.74, 6) is 0.849. The standard InChI is InChI=1S/C11H23NO3/c1-14-9-11(13)7-12-5-2-6-15-8-10-3-4-10/h10-13H,2-9H2,1H3. The Morgan fingerprint density at radius 1 is 1.47 bits per heavy atom. The number of hydrogen-bond acceptors (Lipinski definition) is 4. The summed E-state index contributed by atoms with van der Waals surface area (Å²) in [6, 6.07) is 0. The Kier molecular flexibility index (Phi) is 6.92. The zero-order chi connectivity index (χ0) is 10.9. The van der Waals surface area contributed by atoms with E-state index in [-0.39, 0.29) is 0 Å². The SMILES string of the molecule is COCC(O)CNCCCOCC1CC1. The van der Waals surface area contributed by atoms with Crippen LogP contribution in [0.3, 0.4) is 0 Å². The number of aliphatic hydroxyl groups is 1. The van der Waals surface area contributed by atoms with E-state index in [2.05, 4.69) is 5.32 Å². The van der Waals surface area contributed by atoms with Crippen molar-refractivity contribution in [3.63, 3.8) is 0 Å². The molecule has 0 saturated heterocycles. The summed E-state index contributed by atoms with van der Waals surface area (Å²) in [5, 5.41) is 12.5. The van der Waals surface area contributed by atoms with E-state index >= 15 is 0 Å². The molecule has 15 heavy (non-hydrogen) atoms. The number of nitrogens with one attached hydrogen (secondary N) is 1. The molecule has 0 aromatic heterocycles. The highest BCUT2D eigenvalue weighted by Crippen LogP contribution is 2.28. The Hall–Kier alpha value is -0.160. The number of methoxy groups -OCH3 is 1. The van der Waals surface area contributed by atoms with Crippen LogP contribution in [0.4, 0.5) is 0 Å². The van der Waals surface area contributed by atoms with E-state index in [0.29, 0.717) is 13.2 Å². The Balaban J connectivity index is 1.72. The van der Waals surface area contributed by atoms with Crippen LogP contribution >= 0.6 is 0 Å². The summed E-state index contributed by atoms with van der Waals surface area (Å²) >= 11 is 0. The van der Waals surface area contributed by atoms with Gasteiger partial charge >= 0.3 is 0 Å². The van der Waals surface area contributed by atoms with E-state index < -0.39 is 6.10 Å². The van der Waals surface area contributed by atoms with Crippen molar-refractivity contribution >= 4 is 0 Å². The molecule has 0 spiro atoms. The lowest BCUT2D eigenvalue weighted by Crippen LogP contribution is -2.31. The summed E-state index contributed by atoms with van der Waals surface area (Å²) in [5.41, 5.74) is 0. The van der Waals surface area contributed by atoms with Crippen LogP contribution in [0.25, 0.3) is 0 Å². The van der Waals surface area contributed by atoms with Crippen molar-refractivity contribution in [1.29, 1.82) is 0 Å². The molecule has 4 heteroatoms. The van der Waals surface area contributed by atoms with Crippen LogP contribution in [0.5, 0.6) is 0 Å². The van der Waals surface area contributed by atoms with Gasteiger partial charge in [0.05, 0.1) is 12.7 Å². The number of rotatable bonds is 10. The van der Waals surface area contributed by atoms with Gasteiger partial charge in [-0.3, -0.25) is 0 Å². The molecule has 1 fully saturated rings. The molecule has 0 bridgehead atoms. The van der Waals surface area contributed by atoms with Gasteiger partial charge in [0, 0.05) is 26.9 Å². The van der Waals surface area contributed by atoms with Crippen molar-refractivity contribution in [3.05, 3.63) is 0 Å². The second-order valence-corrected chi connectivity index (χ2v) is 4.19. The topological polar surface area (TPSA) is 50.7 Å². The van der Waals surface area contributed by atoms with Gasteiger partial charge in [-0.15, -0.1) is 0 Å². The van der Waals surface area contributed by atoms with E-state index in [1.807, 2.05) is 0 Å². The van der Waals surface area contributed by atoms with Gasteiger partial charge < -0.3 is 19.9 Å². The van der Waals surface area contributed by atoms with E-state index in [0.717, 1.165) is 32.1 Å². The first kappa shape index (κ1) is 12.9. The van der Waals surface area contributed by atoms with E-state index in [9.17, 15) is 5.11 Å². The largest absolute Gasteiger partial charge is 0.389 e. The Labute approximate surface area is 92.0 Å². The molecule has 0 amide bonds. The summed E-state index contributed by atoms with van der Waals surface area (Å²) in [6.07, 6.45) is 3.30. The molecule has 1 saturated carbocycles. The third-order valence-corrected chi connectivity index (χ3v) is 2.43. The summed E-state index contributed by atoms with van der Waals surface area (Å²) in [4.78, 5) is 0. The van der Waals surface area contributed by atoms with E-state index in [1.165, 1.54) is 12.8 Å². The van der Waals surface area contributed by atoms with Crippen molar-refractivity contribution in [2.75, 3.05) is 40.0 Å². The maximum Gasteiger partial charge on any atom is 0.0897 e. The van der Waals surface area contributed by atoms with Crippen LogP contribution in [-0.4, -0.2) is 51.2 Å². The van der Waals surface area contributed by atoms with Gasteiger partial charge in [-0.05, 0) is 31.7 Å². The molecule has 1 atom stereocenters. The molecule has 0 heterocycles. The fourth-order valence-corrected chi connectivity index (χ4v) is 1.35. The third-order valence-electron chi connectivity index (χ3n) is 2.43. The van der Waals surface area contributed by atoms with Gasteiger partial charge in [0.25, 0.3) is 0 Å². The lowest BCUT2D eigenvalue weighted by Gasteiger charge is -2.10. The molecule has 0 aromatic rings. The average molecular weight is 217 g/mol. The monoisotopic (exact) mass is 217 g/mol. The van der Waals surface area contributed by atoms with Crippen LogP contribution in [0.2, 0.25) is 0 Å². The average Bonchev–Trinajstić information content (AvgIpc) is 3.00. The molecular formula is C11H23NO3.